The van der Waals surface area contributed by atoms with Crippen molar-refractivity contribution in [2.45, 2.75) is 6.92 Å². The summed E-state index contributed by atoms with van der Waals surface area (Å²) < 4.78 is 13.7. The Kier molecular flexibility index (Phi) is 5.84. The highest BCUT2D eigenvalue weighted by atomic mass is 35.5. The first-order chi connectivity index (χ1) is 13.9. The molecule has 0 atom stereocenters. The predicted octanol–water partition coefficient (Wildman–Crippen LogP) is 3.99. The normalized spacial score (nSPS) is 10.3. The van der Waals surface area contributed by atoms with E-state index in [1.165, 1.54) is 18.2 Å². The van der Waals surface area contributed by atoms with Gasteiger partial charge in [0.1, 0.15) is 12.1 Å². The lowest BCUT2D eigenvalue weighted by Gasteiger charge is -2.12. The fraction of sp³-hybridized carbons (Fsp3) is 0.0556. The van der Waals surface area contributed by atoms with Crippen LogP contribution < -0.4 is 16.2 Å². The molecule has 0 fully saturated rings. The van der Waals surface area contributed by atoms with Crippen molar-refractivity contribution in [2.24, 2.45) is 0 Å². The Balaban J connectivity index is 1.87. The Morgan fingerprint density at radius 1 is 1.14 bits per heavy atom. The second-order valence-electron chi connectivity index (χ2n) is 5.77. The first-order valence-electron chi connectivity index (χ1n) is 8.21. The summed E-state index contributed by atoms with van der Waals surface area (Å²) in [5.74, 6) is -1.95. The molecule has 148 valence electrons. The molecule has 2 aromatic carbocycles. The Bertz CT molecular complexity index is 1090. The highest BCUT2D eigenvalue weighted by Crippen LogP contribution is 2.33. The van der Waals surface area contributed by atoms with Crippen LogP contribution >= 0.6 is 11.6 Å². The summed E-state index contributed by atoms with van der Waals surface area (Å²) in [6.45, 7) is 1.74. The average Bonchev–Trinajstić information content (AvgIpc) is 2.70. The molecule has 1 amide bonds. The Hall–Kier alpha value is -3.79. The summed E-state index contributed by atoms with van der Waals surface area (Å²) in [5.41, 5.74) is 4.98. The lowest BCUT2D eigenvalue weighted by atomic mass is 10.2. The molecular formula is C18H14ClFN6O3. The monoisotopic (exact) mass is 416 g/mol. The Morgan fingerprint density at radius 2 is 1.86 bits per heavy atom. The van der Waals surface area contributed by atoms with E-state index in [0.717, 1.165) is 12.4 Å². The third-order valence-corrected chi connectivity index (χ3v) is 4.35. The van der Waals surface area contributed by atoms with Gasteiger partial charge in [0.2, 0.25) is 11.6 Å². The number of halogens is 2. The maximum atomic E-state index is 13.7. The molecule has 1 heterocycles. The van der Waals surface area contributed by atoms with Gasteiger partial charge in [-0.15, -0.1) is 0 Å². The van der Waals surface area contributed by atoms with Crippen LogP contribution in [0.4, 0.5) is 27.4 Å². The quantitative estimate of drug-likeness (QED) is 0.410. The van der Waals surface area contributed by atoms with Crippen molar-refractivity contribution in [3.05, 3.63) is 80.9 Å². The third kappa shape index (κ3) is 4.38. The van der Waals surface area contributed by atoms with E-state index >= 15 is 0 Å². The van der Waals surface area contributed by atoms with Crippen LogP contribution in [0.15, 0.2) is 48.8 Å². The number of carbonyl (C=O) groups excluding carboxylic acids is 1. The molecular weight excluding hydrogens is 403 g/mol. The topological polar surface area (TPSA) is 122 Å². The van der Waals surface area contributed by atoms with Crippen molar-refractivity contribution in [2.75, 3.05) is 10.7 Å². The molecule has 0 unspecified atom stereocenters. The highest BCUT2D eigenvalue weighted by molar-refractivity contribution is 6.31. The van der Waals surface area contributed by atoms with Crippen LogP contribution in [-0.2, 0) is 0 Å². The van der Waals surface area contributed by atoms with Crippen molar-refractivity contribution in [3.8, 4) is 0 Å². The summed E-state index contributed by atoms with van der Waals surface area (Å²) in [7, 11) is 0. The van der Waals surface area contributed by atoms with Gasteiger partial charge in [-0.2, -0.15) is 0 Å². The molecule has 3 rings (SSSR count). The number of hydrazine groups is 1. The van der Waals surface area contributed by atoms with Crippen molar-refractivity contribution >= 4 is 40.5 Å². The van der Waals surface area contributed by atoms with E-state index in [-0.39, 0.29) is 17.2 Å². The number of nitro groups is 1. The van der Waals surface area contributed by atoms with Gasteiger partial charge in [-0.05, 0) is 36.8 Å². The van der Waals surface area contributed by atoms with Crippen molar-refractivity contribution < 1.29 is 14.1 Å². The molecule has 0 spiro atoms. The minimum atomic E-state index is -0.823. The average molecular weight is 417 g/mol. The van der Waals surface area contributed by atoms with Gasteiger partial charge in [0.05, 0.1) is 10.5 Å². The summed E-state index contributed by atoms with van der Waals surface area (Å²) >= 11 is 6.07. The molecule has 0 aliphatic heterocycles. The molecule has 9 nitrogen and oxygen atoms in total. The number of hydrogen-bond acceptors (Lipinski definition) is 7. The van der Waals surface area contributed by atoms with E-state index in [2.05, 4.69) is 26.1 Å². The second-order valence-corrected chi connectivity index (χ2v) is 6.18. The van der Waals surface area contributed by atoms with Crippen LogP contribution in [-0.4, -0.2) is 20.8 Å². The molecule has 1 aromatic heterocycles. The molecule has 29 heavy (non-hydrogen) atoms. The molecule has 0 aliphatic rings. The van der Waals surface area contributed by atoms with E-state index in [1.54, 1.807) is 25.1 Å². The molecule has 3 aromatic rings. The zero-order valence-electron chi connectivity index (χ0n) is 14.9. The van der Waals surface area contributed by atoms with Crippen LogP contribution in [0.5, 0.6) is 0 Å². The number of benzene rings is 2. The fourth-order valence-electron chi connectivity index (χ4n) is 2.43. The van der Waals surface area contributed by atoms with Gasteiger partial charge in [-0.1, -0.05) is 29.8 Å². The largest absolute Gasteiger partial charge is 0.355 e. The van der Waals surface area contributed by atoms with Gasteiger partial charge in [0, 0.05) is 10.7 Å². The van der Waals surface area contributed by atoms with Crippen molar-refractivity contribution in [1.29, 1.82) is 0 Å². The van der Waals surface area contributed by atoms with Crippen molar-refractivity contribution in [3.63, 3.8) is 0 Å². The summed E-state index contributed by atoms with van der Waals surface area (Å²) in [4.78, 5) is 30.7. The van der Waals surface area contributed by atoms with Crippen LogP contribution in [0, 0.1) is 22.9 Å². The molecule has 11 heteroatoms. The summed E-state index contributed by atoms with van der Waals surface area (Å²) in [5, 5.41) is 14.9. The summed E-state index contributed by atoms with van der Waals surface area (Å²) in [6, 6.07) is 10.4. The van der Waals surface area contributed by atoms with E-state index in [1.807, 2.05) is 0 Å². The van der Waals surface area contributed by atoms with Gasteiger partial charge in [0.15, 0.2) is 0 Å². The van der Waals surface area contributed by atoms with Crippen molar-refractivity contribution in [1.82, 2.24) is 15.4 Å². The van der Waals surface area contributed by atoms with Gasteiger partial charge in [-0.25, -0.2) is 14.4 Å². The lowest BCUT2D eigenvalue weighted by molar-refractivity contribution is -0.383. The minimum absolute atomic E-state index is 0.113. The van der Waals surface area contributed by atoms with Crippen LogP contribution in [0.1, 0.15) is 15.9 Å². The van der Waals surface area contributed by atoms with Gasteiger partial charge >= 0.3 is 5.69 Å². The summed E-state index contributed by atoms with van der Waals surface area (Å²) in [6.07, 6.45) is 1.08. The standard InChI is InChI=1S/C18H14ClFN6O3/c1-10-12(19)6-4-8-14(10)23-16-15(26(28)29)17(22-9-21-16)24-25-18(27)11-5-2-3-7-13(11)20/h2-9H,1H3,(H,25,27)(H2,21,22,23,24). The Labute approximate surface area is 169 Å². The Morgan fingerprint density at radius 3 is 2.59 bits per heavy atom. The van der Waals surface area contributed by atoms with Gasteiger partial charge in [-0.3, -0.25) is 25.8 Å². The maximum Gasteiger partial charge on any atom is 0.355 e. The number of aromatic nitrogens is 2. The zero-order chi connectivity index (χ0) is 21.0. The number of nitrogens with zero attached hydrogens (tertiary/aromatic N) is 3. The molecule has 0 aliphatic carbocycles. The number of rotatable bonds is 6. The molecule has 3 N–H and O–H groups in total. The van der Waals surface area contributed by atoms with Gasteiger partial charge < -0.3 is 5.32 Å². The van der Waals surface area contributed by atoms with Crippen LogP contribution in [0.3, 0.4) is 0 Å². The number of carbonyl (C=O) groups is 1. The third-order valence-electron chi connectivity index (χ3n) is 3.94. The smallest absolute Gasteiger partial charge is 0.334 e. The SMILES string of the molecule is Cc1c(Cl)cccc1Nc1ncnc(NNC(=O)c2ccccc2F)c1[N+](=O)[O-]. The molecule has 0 bridgehead atoms. The highest BCUT2D eigenvalue weighted by Gasteiger charge is 2.24. The predicted molar refractivity (Wildman–Crippen MR) is 106 cm³/mol. The number of hydrogen-bond donors (Lipinski definition) is 3. The first-order valence-corrected chi connectivity index (χ1v) is 8.58. The van der Waals surface area contributed by atoms with E-state index < -0.39 is 22.3 Å². The van der Waals surface area contributed by atoms with Crippen LogP contribution in [0.2, 0.25) is 5.02 Å². The lowest BCUT2D eigenvalue weighted by Crippen LogP contribution is -2.31. The molecule has 0 saturated heterocycles. The van der Waals surface area contributed by atoms with Gasteiger partial charge in [0.25, 0.3) is 5.91 Å². The van der Waals surface area contributed by atoms with E-state index in [9.17, 15) is 19.3 Å². The van der Waals surface area contributed by atoms with E-state index in [4.69, 9.17) is 11.6 Å². The molecule has 0 radical (unpaired) electrons. The maximum absolute atomic E-state index is 13.7. The molecule has 0 saturated carbocycles. The number of nitrogens with one attached hydrogen (secondary N) is 3. The minimum Gasteiger partial charge on any atom is -0.334 e. The zero-order valence-corrected chi connectivity index (χ0v) is 15.7. The van der Waals surface area contributed by atoms with E-state index in [0.29, 0.717) is 16.3 Å². The van der Waals surface area contributed by atoms with Crippen LogP contribution in [0.25, 0.3) is 0 Å². The second kappa shape index (κ2) is 8.48. The fourth-order valence-corrected chi connectivity index (χ4v) is 2.61. The number of anilines is 3. The number of amides is 1. The first kappa shape index (κ1) is 20.0.